The van der Waals surface area contributed by atoms with E-state index in [1.165, 1.54) is 31.2 Å². The fourth-order valence-corrected chi connectivity index (χ4v) is 2.92. The van der Waals surface area contributed by atoms with Gasteiger partial charge in [0.1, 0.15) is 5.82 Å². The van der Waals surface area contributed by atoms with Crippen LogP contribution < -0.4 is 10.2 Å². The number of anilines is 1. The van der Waals surface area contributed by atoms with E-state index in [1.807, 2.05) is 6.20 Å². The first-order valence-electron chi connectivity index (χ1n) is 7.96. The molecule has 3 heteroatoms. The van der Waals surface area contributed by atoms with Gasteiger partial charge < -0.3 is 10.2 Å². The van der Waals surface area contributed by atoms with Crippen LogP contribution in [0, 0.1) is 0 Å². The summed E-state index contributed by atoms with van der Waals surface area (Å²) >= 11 is 0. The fourth-order valence-electron chi connectivity index (χ4n) is 2.92. The second-order valence-electron chi connectivity index (χ2n) is 6.85. The van der Waals surface area contributed by atoms with Crippen molar-refractivity contribution in [1.82, 2.24) is 10.3 Å². The third-order valence-corrected chi connectivity index (χ3v) is 4.03. The second-order valence-corrected chi connectivity index (χ2v) is 6.85. The lowest BCUT2D eigenvalue weighted by atomic mass is 10.1. The van der Waals surface area contributed by atoms with Gasteiger partial charge in [0.2, 0.25) is 0 Å². The van der Waals surface area contributed by atoms with Gasteiger partial charge in [-0.2, -0.15) is 0 Å². The zero-order valence-corrected chi connectivity index (χ0v) is 13.4. The van der Waals surface area contributed by atoms with Crippen molar-refractivity contribution in [3.63, 3.8) is 0 Å². The summed E-state index contributed by atoms with van der Waals surface area (Å²) in [6.45, 7) is 10.8. The van der Waals surface area contributed by atoms with E-state index in [9.17, 15) is 0 Å². The molecule has 112 valence electrons. The molecule has 1 fully saturated rings. The van der Waals surface area contributed by atoms with E-state index in [0.717, 1.165) is 18.9 Å². The van der Waals surface area contributed by atoms with Crippen molar-refractivity contribution >= 4 is 5.82 Å². The topological polar surface area (TPSA) is 28.2 Å². The largest absolute Gasteiger partial charge is 0.354 e. The number of nitrogens with one attached hydrogen (secondary N) is 1. The van der Waals surface area contributed by atoms with Crippen molar-refractivity contribution in [1.29, 1.82) is 0 Å². The molecule has 0 aliphatic heterocycles. The maximum Gasteiger partial charge on any atom is 0.129 e. The van der Waals surface area contributed by atoms with Gasteiger partial charge in [-0.1, -0.05) is 12.8 Å². The Balaban J connectivity index is 2.07. The fraction of sp³-hybridized carbons (Fsp3) is 0.706. The number of pyridine rings is 1. The third-order valence-electron chi connectivity index (χ3n) is 4.03. The Morgan fingerprint density at radius 3 is 2.60 bits per heavy atom. The summed E-state index contributed by atoms with van der Waals surface area (Å²) in [5, 5.41) is 3.55. The summed E-state index contributed by atoms with van der Waals surface area (Å²) < 4.78 is 0. The van der Waals surface area contributed by atoms with Crippen molar-refractivity contribution in [2.24, 2.45) is 0 Å². The summed E-state index contributed by atoms with van der Waals surface area (Å²) in [5.74, 6) is 1.15. The Labute approximate surface area is 123 Å². The van der Waals surface area contributed by atoms with Crippen LogP contribution in [0.2, 0.25) is 0 Å². The minimum absolute atomic E-state index is 0.152. The maximum absolute atomic E-state index is 4.60. The van der Waals surface area contributed by atoms with Crippen LogP contribution in [-0.2, 0) is 6.54 Å². The van der Waals surface area contributed by atoms with Crippen LogP contribution in [0.5, 0.6) is 0 Å². The first kappa shape index (κ1) is 15.3. The van der Waals surface area contributed by atoms with Gasteiger partial charge in [0.25, 0.3) is 0 Å². The first-order valence-corrected chi connectivity index (χ1v) is 7.96. The highest BCUT2D eigenvalue weighted by Crippen LogP contribution is 2.27. The lowest BCUT2D eigenvalue weighted by Gasteiger charge is -2.29. The van der Waals surface area contributed by atoms with E-state index in [2.05, 4.69) is 55.0 Å². The highest BCUT2D eigenvalue weighted by atomic mass is 15.2. The summed E-state index contributed by atoms with van der Waals surface area (Å²) in [6.07, 6.45) is 7.32. The van der Waals surface area contributed by atoms with Crippen molar-refractivity contribution in [2.75, 3.05) is 11.4 Å². The molecule has 0 bridgehead atoms. The van der Waals surface area contributed by atoms with Crippen molar-refractivity contribution in [3.8, 4) is 0 Å². The Morgan fingerprint density at radius 2 is 2.00 bits per heavy atom. The molecule has 3 nitrogen and oxygen atoms in total. The average molecular weight is 275 g/mol. The molecule has 1 aromatic rings. The van der Waals surface area contributed by atoms with Gasteiger partial charge in [0, 0.05) is 30.9 Å². The van der Waals surface area contributed by atoms with Crippen LogP contribution in [0.15, 0.2) is 18.3 Å². The molecule has 1 N–H and O–H groups in total. The minimum atomic E-state index is 0.152. The van der Waals surface area contributed by atoms with Crippen molar-refractivity contribution < 1.29 is 0 Å². The molecule has 1 aromatic heterocycles. The summed E-state index contributed by atoms with van der Waals surface area (Å²) in [7, 11) is 0. The van der Waals surface area contributed by atoms with Gasteiger partial charge in [-0.25, -0.2) is 4.98 Å². The number of nitrogens with zero attached hydrogens (tertiary/aromatic N) is 2. The van der Waals surface area contributed by atoms with E-state index in [1.54, 1.807) is 0 Å². The van der Waals surface area contributed by atoms with Crippen molar-refractivity contribution in [2.45, 2.75) is 71.5 Å². The predicted octanol–water partition coefficient (Wildman–Crippen LogP) is 3.74. The highest BCUT2D eigenvalue weighted by molar-refractivity contribution is 5.42. The molecule has 0 saturated heterocycles. The van der Waals surface area contributed by atoms with E-state index in [4.69, 9.17) is 0 Å². The Bertz CT molecular complexity index is 416. The van der Waals surface area contributed by atoms with Crippen LogP contribution >= 0.6 is 0 Å². The quantitative estimate of drug-likeness (QED) is 0.887. The van der Waals surface area contributed by atoms with Gasteiger partial charge in [0.15, 0.2) is 0 Å². The van der Waals surface area contributed by atoms with Crippen LogP contribution in [0.4, 0.5) is 5.82 Å². The molecule has 0 spiro atoms. The second kappa shape index (κ2) is 6.57. The molecule has 0 atom stereocenters. The normalized spacial score (nSPS) is 16.6. The zero-order valence-electron chi connectivity index (χ0n) is 13.4. The molecule has 2 rings (SSSR count). The molecular weight excluding hydrogens is 246 g/mol. The molecule has 0 radical (unpaired) electrons. The Kier molecular flexibility index (Phi) is 5.03. The van der Waals surface area contributed by atoms with Crippen LogP contribution in [-0.4, -0.2) is 23.1 Å². The molecule has 20 heavy (non-hydrogen) atoms. The molecule has 1 heterocycles. The van der Waals surface area contributed by atoms with Crippen LogP contribution in [0.3, 0.4) is 0 Å². The standard InChI is InChI=1S/C17H29N3/c1-5-20(15-8-6-7-9-15)16-12-14(10-11-18-16)13-19-17(2,3)4/h10-12,15,19H,5-9,13H2,1-4H3. The number of aromatic nitrogens is 1. The third kappa shape index (κ3) is 4.20. The molecule has 1 aliphatic carbocycles. The lowest BCUT2D eigenvalue weighted by molar-refractivity contribution is 0.424. The summed E-state index contributed by atoms with van der Waals surface area (Å²) in [5.41, 5.74) is 1.47. The molecule has 0 amide bonds. The first-order chi connectivity index (χ1) is 9.49. The number of rotatable bonds is 5. The monoisotopic (exact) mass is 275 g/mol. The van der Waals surface area contributed by atoms with Crippen LogP contribution in [0.1, 0.15) is 58.9 Å². The minimum Gasteiger partial charge on any atom is -0.354 e. The van der Waals surface area contributed by atoms with E-state index < -0.39 is 0 Å². The smallest absolute Gasteiger partial charge is 0.129 e. The molecule has 0 unspecified atom stereocenters. The molecule has 1 aliphatic rings. The maximum atomic E-state index is 4.60. The number of hydrogen-bond acceptors (Lipinski definition) is 3. The highest BCUT2D eigenvalue weighted by Gasteiger charge is 2.22. The van der Waals surface area contributed by atoms with Gasteiger partial charge in [0.05, 0.1) is 0 Å². The van der Waals surface area contributed by atoms with Gasteiger partial charge in [-0.05, 0) is 58.2 Å². The van der Waals surface area contributed by atoms with E-state index in [-0.39, 0.29) is 5.54 Å². The van der Waals surface area contributed by atoms with E-state index >= 15 is 0 Å². The SMILES string of the molecule is CCN(c1cc(CNC(C)(C)C)ccn1)C1CCCC1. The van der Waals surface area contributed by atoms with Gasteiger partial charge in [-0.3, -0.25) is 0 Å². The predicted molar refractivity (Wildman–Crippen MR) is 86.1 cm³/mol. The Hall–Kier alpha value is -1.09. The average Bonchev–Trinajstić information content (AvgIpc) is 2.91. The van der Waals surface area contributed by atoms with Crippen molar-refractivity contribution in [3.05, 3.63) is 23.9 Å². The molecule has 1 saturated carbocycles. The summed E-state index contributed by atoms with van der Waals surface area (Å²) in [6, 6.07) is 5.06. The van der Waals surface area contributed by atoms with E-state index in [0.29, 0.717) is 6.04 Å². The Morgan fingerprint density at radius 1 is 1.30 bits per heavy atom. The van der Waals surface area contributed by atoms with Gasteiger partial charge >= 0.3 is 0 Å². The number of hydrogen-bond donors (Lipinski definition) is 1. The molecular formula is C17H29N3. The zero-order chi connectivity index (χ0) is 14.6. The van der Waals surface area contributed by atoms with Gasteiger partial charge in [-0.15, -0.1) is 0 Å². The molecule has 0 aromatic carbocycles. The summed E-state index contributed by atoms with van der Waals surface area (Å²) in [4.78, 5) is 7.08. The lowest BCUT2D eigenvalue weighted by Crippen LogP contribution is -2.35. The van der Waals surface area contributed by atoms with Crippen LogP contribution in [0.25, 0.3) is 0 Å².